The van der Waals surface area contributed by atoms with Crippen molar-refractivity contribution in [3.8, 4) is 0 Å². The second-order valence-electron chi connectivity index (χ2n) is 7.50. The fourth-order valence-corrected chi connectivity index (χ4v) is 3.68. The Balaban J connectivity index is 1.51. The van der Waals surface area contributed by atoms with Crippen LogP contribution in [0.1, 0.15) is 24.2 Å². The average Bonchev–Trinajstić information content (AvgIpc) is 3.15. The van der Waals surface area contributed by atoms with E-state index in [1.165, 1.54) is 18.4 Å². The van der Waals surface area contributed by atoms with E-state index in [0.717, 1.165) is 29.7 Å². The molecule has 1 aromatic heterocycles. The molecule has 0 unspecified atom stereocenters. The summed E-state index contributed by atoms with van der Waals surface area (Å²) >= 11 is 0. The SMILES string of the molecule is O=C(CN1CCC(Cc2cccc(F)c2)CC1)N(Cc1ccco1)CC(F)(F)F. The van der Waals surface area contributed by atoms with Crippen LogP contribution >= 0.6 is 0 Å². The number of benzene rings is 1. The number of likely N-dealkylation sites (tertiary alicyclic amines) is 1. The molecule has 1 saturated heterocycles. The molecule has 0 aliphatic carbocycles. The van der Waals surface area contributed by atoms with Crippen LogP contribution in [0.4, 0.5) is 17.6 Å². The van der Waals surface area contributed by atoms with Crippen molar-refractivity contribution < 1.29 is 26.8 Å². The molecule has 1 aliphatic rings. The first-order chi connectivity index (χ1) is 13.8. The number of carbonyl (C=O) groups is 1. The van der Waals surface area contributed by atoms with Gasteiger partial charge in [0.1, 0.15) is 18.1 Å². The van der Waals surface area contributed by atoms with E-state index in [1.54, 1.807) is 18.2 Å². The van der Waals surface area contributed by atoms with Gasteiger partial charge in [0, 0.05) is 0 Å². The first-order valence-electron chi connectivity index (χ1n) is 9.62. The van der Waals surface area contributed by atoms with Gasteiger partial charge in [0.25, 0.3) is 0 Å². The molecule has 4 nitrogen and oxygen atoms in total. The fourth-order valence-electron chi connectivity index (χ4n) is 3.68. The molecular formula is C21H24F4N2O2. The van der Waals surface area contributed by atoms with Gasteiger partial charge >= 0.3 is 6.18 Å². The van der Waals surface area contributed by atoms with E-state index >= 15 is 0 Å². The van der Waals surface area contributed by atoms with Crippen LogP contribution in [0.3, 0.4) is 0 Å². The van der Waals surface area contributed by atoms with Crippen LogP contribution in [0, 0.1) is 11.7 Å². The Bertz CT molecular complexity index is 784. The molecule has 3 rings (SSSR count). The molecule has 0 atom stereocenters. The molecule has 2 aromatic rings. The lowest BCUT2D eigenvalue weighted by Gasteiger charge is -2.33. The molecule has 1 fully saturated rings. The van der Waals surface area contributed by atoms with Gasteiger partial charge in [-0.15, -0.1) is 0 Å². The highest BCUT2D eigenvalue weighted by Gasteiger charge is 2.34. The highest BCUT2D eigenvalue weighted by atomic mass is 19.4. The van der Waals surface area contributed by atoms with E-state index in [0.29, 0.717) is 24.8 Å². The quantitative estimate of drug-likeness (QED) is 0.638. The van der Waals surface area contributed by atoms with Crippen LogP contribution in [0.15, 0.2) is 47.1 Å². The summed E-state index contributed by atoms with van der Waals surface area (Å²) in [7, 11) is 0. The average molecular weight is 412 g/mol. The molecule has 8 heteroatoms. The van der Waals surface area contributed by atoms with Gasteiger partial charge in [-0.3, -0.25) is 9.69 Å². The Morgan fingerprint density at radius 1 is 1.17 bits per heavy atom. The molecule has 1 aliphatic heterocycles. The third-order valence-electron chi connectivity index (χ3n) is 5.13. The maximum absolute atomic E-state index is 13.3. The maximum atomic E-state index is 13.3. The summed E-state index contributed by atoms with van der Waals surface area (Å²) in [5.41, 5.74) is 0.939. The zero-order chi connectivity index (χ0) is 20.9. The standard InChI is InChI=1S/C21H24F4N2O2/c22-18-4-1-3-17(12-18)11-16-6-8-26(9-7-16)14-20(28)27(15-21(23,24)25)13-19-5-2-10-29-19/h1-5,10,12,16H,6-9,11,13-15H2. The lowest BCUT2D eigenvalue weighted by molar-refractivity contribution is -0.163. The zero-order valence-electron chi connectivity index (χ0n) is 16.0. The van der Waals surface area contributed by atoms with Crippen molar-refractivity contribution in [3.63, 3.8) is 0 Å². The molecular weight excluding hydrogens is 388 g/mol. The second kappa shape index (κ2) is 9.43. The van der Waals surface area contributed by atoms with Crippen molar-refractivity contribution >= 4 is 5.91 Å². The van der Waals surface area contributed by atoms with E-state index in [2.05, 4.69) is 0 Å². The topological polar surface area (TPSA) is 36.7 Å². The Labute approximate surface area is 167 Å². The third-order valence-corrected chi connectivity index (χ3v) is 5.13. The number of amides is 1. The summed E-state index contributed by atoms with van der Waals surface area (Å²) in [4.78, 5) is 15.2. The lowest BCUT2D eigenvalue weighted by Crippen LogP contribution is -2.46. The van der Waals surface area contributed by atoms with Gasteiger partial charge in [-0.25, -0.2) is 4.39 Å². The van der Waals surface area contributed by atoms with Crippen LogP contribution in [-0.4, -0.2) is 48.1 Å². The number of rotatable bonds is 7. The third kappa shape index (κ3) is 6.88. The zero-order valence-corrected chi connectivity index (χ0v) is 16.0. The van der Waals surface area contributed by atoms with Gasteiger partial charge in [-0.05, 0) is 68.1 Å². The Morgan fingerprint density at radius 2 is 1.93 bits per heavy atom. The highest BCUT2D eigenvalue weighted by Crippen LogP contribution is 2.23. The van der Waals surface area contributed by atoms with E-state index in [-0.39, 0.29) is 18.9 Å². The second-order valence-corrected chi connectivity index (χ2v) is 7.50. The summed E-state index contributed by atoms with van der Waals surface area (Å²) in [6, 6.07) is 9.64. The van der Waals surface area contributed by atoms with Crippen LogP contribution in [0.2, 0.25) is 0 Å². The first-order valence-corrected chi connectivity index (χ1v) is 9.62. The van der Waals surface area contributed by atoms with E-state index in [1.807, 2.05) is 11.0 Å². The monoisotopic (exact) mass is 412 g/mol. The van der Waals surface area contributed by atoms with Crippen molar-refractivity contribution in [1.29, 1.82) is 0 Å². The summed E-state index contributed by atoms with van der Waals surface area (Å²) in [6.07, 6.45) is -0.699. The molecule has 29 heavy (non-hydrogen) atoms. The number of nitrogens with zero attached hydrogens (tertiary/aromatic N) is 2. The Kier molecular flexibility index (Phi) is 6.95. The fraction of sp³-hybridized carbons (Fsp3) is 0.476. The van der Waals surface area contributed by atoms with Gasteiger partial charge in [0.05, 0.1) is 19.4 Å². The maximum Gasteiger partial charge on any atom is 0.406 e. The lowest BCUT2D eigenvalue weighted by atomic mass is 9.90. The summed E-state index contributed by atoms with van der Waals surface area (Å²) in [6.45, 7) is -0.300. The number of hydrogen-bond donors (Lipinski definition) is 0. The molecule has 0 radical (unpaired) electrons. The molecule has 0 spiro atoms. The summed E-state index contributed by atoms with van der Waals surface area (Å²) in [5.74, 6) is -0.136. The van der Waals surface area contributed by atoms with E-state index in [4.69, 9.17) is 4.42 Å². The number of carbonyl (C=O) groups excluding carboxylic acids is 1. The molecule has 0 N–H and O–H groups in total. The van der Waals surface area contributed by atoms with Crippen molar-refractivity contribution in [1.82, 2.24) is 9.80 Å². The van der Waals surface area contributed by atoms with Gasteiger partial charge in [0.15, 0.2) is 0 Å². The minimum Gasteiger partial charge on any atom is -0.467 e. The van der Waals surface area contributed by atoms with E-state index in [9.17, 15) is 22.4 Å². The van der Waals surface area contributed by atoms with Crippen LogP contribution < -0.4 is 0 Å². The predicted molar refractivity (Wildman–Crippen MR) is 99.4 cm³/mol. The summed E-state index contributed by atoms with van der Waals surface area (Å²) < 4.78 is 57.1. The van der Waals surface area contributed by atoms with Gasteiger partial charge < -0.3 is 9.32 Å². The van der Waals surface area contributed by atoms with Gasteiger partial charge in [-0.1, -0.05) is 12.1 Å². The predicted octanol–water partition coefficient (Wildman–Crippen LogP) is 4.26. The van der Waals surface area contributed by atoms with Crippen molar-refractivity contribution in [3.05, 3.63) is 59.8 Å². The number of halogens is 4. The number of hydrogen-bond acceptors (Lipinski definition) is 3. The minimum atomic E-state index is -4.47. The van der Waals surface area contributed by atoms with Crippen molar-refractivity contribution in [2.24, 2.45) is 5.92 Å². The number of furan rings is 1. The molecule has 2 heterocycles. The Hall–Kier alpha value is -2.35. The molecule has 158 valence electrons. The van der Waals surface area contributed by atoms with Gasteiger partial charge in [0.2, 0.25) is 5.91 Å². The first kappa shape index (κ1) is 21.4. The normalized spacial score (nSPS) is 16.1. The van der Waals surface area contributed by atoms with Crippen LogP contribution in [0.25, 0.3) is 0 Å². The largest absolute Gasteiger partial charge is 0.467 e. The smallest absolute Gasteiger partial charge is 0.406 e. The summed E-state index contributed by atoms with van der Waals surface area (Å²) in [5, 5.41) is 0. The van der Waals surface area contributed by atoms with Crippen LogP contribution in [0.5, 0.6) is 0 Å². The van der Waals surface area contributed by atoms with E-state index < -0.39 is 18.6 Å². The van der Waals surface area contributed by atoms with Gasteiger partial charge in [-0.2, -0.15) is 13.2 Å². The molecule has 1 amide bonds. The van der Waals surface area contributed by atoms with Crippen LogP contribution in [-0.2, 0) is 17.8 Å². The number of piperidine rings is 1. The molecule has 0 saturated carbocycles. The van der Waals surface area contributed by atoms with Crippen molar-refractivity contribution in [2.75, 3.05) is 26.2 Å². The minimum absolute atomic E-state index is 0.0521. The molecule has 1 aromatic carbocycles. The Morgan fingerprint density at radius 3 is 2.55 bits per heavy atom. The highest BCUT2D eigenvalue weighted by molar-refractivity contribution is 5.78. The number of alkyl halides is 3. The molecule has 0 bridgehead atoms. The van der Waals surface area contributed by atoms with Crippen molar-refractivity contribution in [2.45, 2.75) is 32.0 Å².